The third kappa shape index (κ3) is 6.03. The number of nitrogens with zero attached hydrogens (tertiary/aromatic N) is 6. The van der Waals surface area contributed by atoms with E-state index in [-0.39, 0.29) is 40.0 Å². The minimum Gasteiger partial charge on any atom is -0.488 e. The number of piperazine rings is 1. The molecule has 3 aromatic rings. The van der Waals surface area contributed by atoms with E-state index in [1.807, 2.05) is 48.8 Å². The molecule has 7 rings (SSSR count). The quantitative estimate of drug-likeness (QED) is 0.239. The predicted molar refractivity (Wildman–Crippen MR) is 175 cm³/mol. The molecule has 2 atom stereocenters. The van der Waals surface area contributed by atoms with Gasteiger partial charge >= 0.3 is 0 Å². The maximum Gasteiger partial charge on any atom is 0.215 e. The Bertz CT molecular complexity index is 1550. The van der Waals surface area contributed by atoms with E-state index in [0.717, 1.165) is 61.5 Å². The fraction of sp³-hybridized carbons (Fsp3) is 0.387. The molecule has 2 N–H and O–H groups in total. The Labute approximate surface area is 260 Å². The summed E-state index contributed by atoms with van der Waals surface area (Å²) in [4.78, 5) is 9.41. The summed E-state index contributed by atoms with van der Waals surface area (Å²) >= 11 is -0.180. The van der Waals surface area contributed by atoms with Crippen molar-refractivity contribution in [2.75, 3.05) is 42.5 Å². The minimum atomic E-state index is -0.180. The molecule has 0 spiro atoms. The number of allylic oxidation sites excluding steroid dienone is 2. The predicted octanol–water partition coefficient (Wildman–Crippen LogP) is 4.54. The highest BCUT2D eigenvalue weighted by molar-refractivity contribution is 14.2. The van der Waals surface area contributed by atoms with Gasteiger partial charge < -0.3 is 34.5 Å². The molecule has 3 fully saturated rings. The summed E-state index contributed by atoms with van der Waals surface area (Å²) in [5.74, 6) is 2.64. The van der Waals surface area contributed by atoms with Gasteiger partial charge in [-0.1, -0.05) is 12.1 Å². The molecule has 43 heavy (non-hydrogen) atoms. The van der Waals surface area contributed by atoms with Crippen molar-refractivity contribution in [1.82, 2.24) is 15.2 Å². The second-order valence-electron chi connectivity index (χ2n) is 11.1. The Hall–Kier alpha value is -3.78. The molecule has 4 aliphatic rings. The van der Waals surface area contributed by atoms with Crippen molar-refractivity contribution in [2.24, 2.45) is 3.21 Å². The van der Waals surface area contributed by atoms with E-state index < -0.39 is 0 Å². The number of nitrogen functional groups attached to an aromatic ring is 1. The van der Waals surface area contributed by atoms with Crippen molar-refractivity contribution in [3.63, 3.8) is 0 Å². The molecule has 3 aliphatic heterocycles. The van der Waals surface area contributed by atoms with Crippen molar-refractivity contribution in [2.45, 2.75) is 50.0 Å². The molecule has 0 unspecified atom stereocenters. The van der Waals surface area contributed by atoms with E-state index in [4.69, 9.17) is 24.7 Å². The normalized spacial score (nSPS) is 24.2. The summed E-state index contributed by atoms with van der Waals surface area (Å²) in [6.07, 6.45) is 9.93. The van der Waals surface area contributed by atoms with E-state index in [9.17, 15) is 0 Å². The molecule has 224 valence electrons. The Morgan fingerprint density at radius 1 is 1.00 bits per heavy atom. The molecular weight excluding hydrogens is 661 g/mol. The van der Waals surface area contributed by atoms with Crippen LogP contribution < -0.4 is 25.0 Å². The minimum absolute atomic E-state index is 0.111. The van der Waals surface area contributed by atoms with Crippen molar-refractivity contribution < 1.29 is 18.9 Å². The number of anilines is 3. The number of aromatic nitrogens is 3. The zero-order valence-electron chi connectivity index (χ0n) is 23.9. The molecule has 0 radical (unpaired) electrons. The highest BCUT2D eigenvalue weighted by Crippen LogP contribution is 2.40. The number of nitrogens with two attached hydrogens (primary N) is 1. The van der Waals surface area contributed by atoms with Crippen molar-refractivity contribution in [3.05, 3.63) is 60.5 Å². The first-order valence-corrected chi connectivity index (χ1v) is 16.7. The zero-order chi connectivity index (χ0) is 29.2. The lowest BCUT2D eigenvalue weighted by Crippen LogP contribution is -2.54. The summed E-state index contributed by atoms with van der Waals surface area (Å²) in [6, 6.07) is 14.6. The van der Waals surface area contributed by atoms with Crippen LogP contribution in [0, 0.1) is 0 Å². The van der Waals surface area contributed by atoms with Gasteiger partial charge in [-0.3, -0.25) is 0 Å². The summed E-state index contributed by atoms with van der Waals surface area (Å²) in [6.45, 7) is 1.83. The van der Waals surface area contributed by atoms with Gasteiger partial charge in [-0.05, 0) is 47.2 Å². The molecule has 11 nitrogen and oxygen atoms in total. The average molecular weight is 696 g/mol. The lowest BCUT2D eigenvalue weighted by atomic mass is 9.92. The maximum absolute atomic E-state index is 6.40. The third-order valence-electron chi connectivity index (χ3n) is 8.29. The first-order valence-electron chi connectivity index (χ1n) is 14.5. The smallest absolute Gasteiger partial charge is 0.215 e. The number of hydrogen-bond acceptors (Lipinski definition) is 11. The molecule has 5 heterocycles. The number of hydrogen-bond donors (Lipinski definition) is 1. The van der Waals surface area contributed by atoms with Gasteiger partial charge in [0, 0.05) is 89.6 Å². The van der Waals surface area contributed by atoms with Gasteiger partial charge in [0.2, 0.25) is 5.88 Å². The van der Waals surface area contributed by atoms with Gasteiger partial charge in [0.25, 0.3) is 0 Å². The average Bonchev–Trinajstić information content (AvgIpc) is 3.29. The highest BCUT2D eigenvalue weighted by atomic mass is 127. The molecule has 12 heteroatoms. The lowest BCUT2D eigenvalue weighted by molar-refractivity contribution is -0.0266. The van der Waals surface area contributed by atoms with E-state index >= 15 is 0 Å². The van der Waals surface area contributed by atoms with Gasteiger partial charge in [0.05, 0.1) is 17.6 Å². The van der Waals surface area contributed by atoms with Crippen LogP contribution in [0.25, 0.3) is 11.3 Å². The van der Waals surface area contributed by atoms with Crippen LogP contribution in [0.15, 0.2) is 63.7 Å². The van der Waals surface area contributed by atoms with E-state index in [1.165, 1.54) is 0 Å². The summed E-state index contributed by atoms with van der Waals surface area (Å²) in [7, 11) is 1.60. The van der Waals surface area contributed by atoms with Crippen molar-refractivity contribution >= 4 is 48.4 Å². The zero-order valence-corrected chi connectivity index (χ0v) is 26.0. The van der Waals surface area contributed by atoms with E-state index in [2.05, 4.69) is 44.3 Å². The number of para-hydroxylation sites is 1. The monoisotopic (exact) mass is 695 g/mol. The number of fused-ring (bicyclic) bond motifs is 2. The number of benzene rings is 1. The molecule has 0 amide bonds. The number of ether oxygens (including phenoxy) is 4. The third-order valence-corrected chi connectivity index (χ3v) is 9.58. The van der Waals surface area contributed by atoms with Crippen LogP contribution in [-0.4, -0.2) is 76.7 Å². The maximum atomic E-state index is 6.40. The number of halogens is 1. The van der Waals surface area contributed by atoms with Gasteiger partial charge in [-0.15, -0.1) is 10.2 Å². The van der Waals surface area contributed by atoms with Crippen molar-refractivity contribution in [3.8, 4) is 22.9 Å². The number of methoxy groups -OCH3 is 1. The number of rotatable bonds is 10. The van der Waals surface area contributed by atoms with Crippen LogP contribution in [0.5, 0.6) is 11.6 Å². The molecule has 2 aromatic heterocycles. The molecular formula is C31H34IN7O4. The summed E-state index contributed by atoms with van der Waals surface area (Å²) in [5.41, 5.74) is 10.0. The van der Waals surface area contributed by atoms with Crippen LogP contribution in [0.1, 0.15) is 25.7 Å². The van der Waals surface area contributed by atoms with Crippen molar-refractivity contribution in [1.29, 1.82) is 0 Å². The first kappa shape index (κ1) is 28.0. The number of pyridine rings is 1. The second-order valence-corrected chi connectivity index (χ2v) is 12.9. The topological polar surface area (TPSA) is 120 Å². The van der Waals surface area contributed by atoms with Gasteiger partial charge in [-0.25, -0.2) is 8.19 Å². The largest absolute Gasteiger partial charge is 0.488 e. The van der Waals surface area contributed by atoms with Gasteiger partial charge in [-0.2, -0.15) is 0 Å². The fourth-order valence-electron chi connectivity index (χ4n) is 6.23. The second kappa shape index (κ2) is 12.4. The van der Waals surface area contributed by atoms with E-state index in [0.29, 0.717) is 35.2 Å². The Balaban J connectivity index is 1.02. The fourth-order valence-corrected chi connectivity index (χ4v) is 7.37. The Morgan fingerprint density at radius 2 is 1.81 bits per heavy atom. The lowest BCUT2D eigenvalue weighted by Gasteiger charge is -2.43. The Kier molecular flexibility index (Phi) is 8.11. The summed E-state index contributed by atoms with van der Waals surface area (Å²) < 4.78 is 29.6. The van der Waals surface area contributed by atoms with Gasteiger partial charge in [0.1, 0.15) is 23.7 Å². The van der Waals surface area contributed by atoms with Crippen LogP contribution in [0.3, 0.4) is 0 Å². The van der Waals surface area contributed by atoms with E-state index in [1.54, 1.807) is 7.11 Å². The first-order chi connectivity index (χ1) is 21.1. The van der Waals surface area contributed by atoms with Crippen LogP contribution >= 0.6 is 21.0 Å². The van der Waals surface area contributed by atoms with Crippen LogP contribution in [0.2, 0.25) is 0 Å². The van der Waals surface area contributed by atoms with Gasteiger partial charge in [0.15, 0.2) is 12.6 Å². The molecule has 1 saturated carbocycles. The molecule has 1 aromatic carbocycles. The molecule has 2 bridgehead atoms. The highest BCUT2D eigenvalue weighted by Gasteiger charge is 2.41. The molecule has 1 aliphatic carbocycles. The summed E-state index contributed by atoms with van der Waals surface area (Å²) in [5, 5.41) is 8.73. The van der Waals surface area contributed by atoms with Crippen LogP contribution in [-0.2, 0) is 9.47 Å². The Morgan fingerprint density at radius 3 is 2.60 bits per heavy atom. The SMILES string of the molecule is COCOc1ccccc1-c1cc(N2C[C@H]3CC[C@H](C2)N3c2ccnc(OC3CC(OC4=CC=IN=C4)C3)c2)c(N)nn1. The van der Waals surface area contributed by atoms with Crippen LogP contribution in [0.4, 0.5) is 17.2 Å². The standard InChI is InChI=1S/C31H34IN7O4/c1-40-19-41-29-5-3-2-4-26(29)27-15-28(31(33)37-36-27)38-17-21-6-7-22(18-38)39(21)20-9-11-34-30(12-20)43-25-13-24(14-25)42-23-8-10-32-35-16-23/h2-5,8-12,15-16,21-22,24-25H,6-7,13-14,17-19H2,1H3,(H2,33,37)/t21-,22-,24?,25?/m1/s1. The molecule has 2 saturated heterocycles.